The molecule has 0 saturated heterocycles. The van der Waals surface area contributed by atoms with E-state index in [4.69, 9.17) is 26.2 Å². The summed E-state index contributed by atoms with van der Waals surface area (Å²) < 4.78 is 11.0. The number of amides is 1. The summed E-state index contributed by atoms with van der Waals surface area (Å²) in [6, 6.07) is 13.0. The van der Waals surface area contributed by atoms with E-state index >= 15 is 0 Å². The molecule has 2 atom stereocenters. The third-order valence-electron chi connectivity index (χ3n) is 5.72. The number of nitrogens with one attached hydrogen (secondary N) is 1. The number of fused-ring (bicyclic) bond motifs is 3. The predicted molar refractivity (Wildman–Crippen MR) is 122 cm³/mol. The van der Waals surface area contributed by atoms with Gasteiger partial charge in [-0.05, 0) is 54.8 Å². The van der Waals surface area contributed by atoms with Crippen LogP contribution >= 0.6 is 11.6 Å². The van der Waals surface area contributed by atoms with Crippen LogP contribution in [0.1, 0.15) is 36.2 Å². The number of benzene rings is 2. The summed E-state index contributed by atoms with van der Waals surface area (Å²) in [7, 11) is 0. The zero-order chi connectivity index (χ0) is 22.7. The van der Waals surface area contributed by atoms with Gasteiger partial charge in [0.2, 0.25) is 0 Å². The molecule has 3 aromatic rings. The van der Waals surface area contributed by atoms with Crippen molar-refractivity contribution in [1.29, 1.82) is 0 Å². The maximum atomic E-state index is 12.8. The number of aromatic nitrogens is 1. The Kier molecular flexibility index (Phi) is 6.89. The van der Waals surface area contributed by atoms with Crippen molar-refractivity contribution in [2.45, 2.75) is 31.9 Å². The molecule has 170 valence electrons. The van der Waals surface area contributed by atoms with Gasteiger partial charge in [0.1, 0.15) is 11.8 Å². The molecule has 1 aliphatic heterocycles. The van der Waals surface area contributed by atoms with Crippen LogP contribution in [0.5, 0.6) is 5.75 Å². The van der Waals surface area contributed by atoms with Crippen molar-refractivity contribution in [1.82, 2.24) is 9.88 Å². The number of carbonyl (C=O) groups is 1. The number of ether oxygens (including phenoxy) is 2. The second-order valence-corrected chi connectivity index (χ2v) is 8.23. The molecule has 7 nitrogen and oxygen atoms in total. The van der Waals surface area contributed by atoms with Crippen molar-refractivity contribution >= 4 is 28.6 Å². The van der Waals surface area contributed by atoms with Gasteiger partial charge in [-0.25, -0.2) is 4.79 Å². The van der Waals surface area contributed by atoms with Crippen molar-refractivity contribution in [3.63, 3.8) is 0 Å². The first-order valence-corrected chi connectivity index (χ1v) is 11.1. The van der Waals surface area contributed by atoms with Crippen LogP contribution in [-0.4, -0.2) is 58.7 Å². The number of H-pyrrole nitrogens is 1. The summed E-state index contributed by atoms with van der Waals surface area (Å²) in [5.74, 6) is 0.654. The van der Waals surface area contributed by atoms with Crippen molar-refractivity contribution < 1.29 is 24.5 Å². The van der Waals surface area contributed by atoms with Gasteiger partial charge < -0.3 is 24.7 Å². The summed E-state index contributed by atoms with van der Waals surface area (Å²) in [6.45, 7) is 2.65. The first-order valence-electron chi connectivity index (χ1n) is 10.8. The number of aromatic amines is 1. The minimum absolute atomic E-state index is 0.286. The summed E-state index contributed by atoms with van der Waals surface area (Å²) >= 11 is 6.24. The van der Waals surface area contributed by atoms with Gasteiger partial charge in [-0.1, -0.05) is 23.7 Å². The lowest BCUT2D eigenvalue weighted by atomic mass is 9.92. The zero-order valence-corrected chi connectivity index (χ0v) is 18.6. The van der Waals surface area contributed by atoms with E-state index in [1.54, 1.807) is 11.8 Å². The van der Waals surface area contributed by atoms with E-state index in [9.17, 15) is 9.90 Å². The van der Waals surface area contributed by atoms with Crippen LogP contribution in [0.25, 0.3) is 10.9 Å². The fourth-order valence-corrected chi connectivity index (χ4v) is 4.33. The number of hydrogen-bond acceptors (Lipinski definition) is 5. The maximum absolute atomic E-state index is 12.8. The molecule has 0 saturated carbocycles. The van der Waals surface area contributed by atoms with Crippen LogP contribution in [0.15, 0.2) is 42.5 Å². The average molecular weight is 459 g/mol. The van der Waals surface area contributed by atoms with Crippen LogP contribution in [0.2, 0.25) is 5.02 Å². The Morgan fingerprint density at radius 3 is 2.78 bits per heavy atom. The van der Waals surface area contributed by atoms with Crippen LogP contribution < -0.4 is 4.74 Å². The highest BCUT2D eigenvalue weighted by atomic mass is 35.5. The molecule has 0 radical (unpaired) electrons. The highest BCUT2D eigenvalue weighted by Gasteiger charge is 2.35. The summed E-state index contributed by atoms with van der Waals surface area (Å²) in [4.78, 5) is 18.0. The van der Waals surface area contributed by atoms with E-state index in [0.717, 1.165) is 27.7 Å². The molecule has 0 spiro atoms. The summed E-state index contributed by atoms with van der Waals surface area (Å²) in [6.07, 6.45) is -0.0838. The molecule has 0 fully saturated rings. The van der Waals surface area contributed by atoms with E-state index in [2.05, 4.69) is 4.98 Å². The molecule has 2 heterocycles. The maximum Gasteiger partial charge on any atom is 0.410 e. The third-order valence-corrected chi connectivity index (χ3v) is 5.95. The number of carbonyl (C=O) groups excluding carboxylic acids is 1. The highest BCUT2D eigenvalue weighted by molar-refractivity contribution is 6.31. The molecule has 32 heavy (non-hydrogen) atoms. The number of aliphatic hydroxyl groups excluding tert-OH is 2. The standard InChI is InChI=1S/C24H27ClN2O5/c1-2-31-24(30)27-11-9-19-20-13-16(25)5-8-21(20)26-22(19)23(27)15-3-6-18(7-4-15)32-12-10-17(29)14-28/h3-8,13,17,23,26,28-29H,2,9-12,14H2,1H3. The Balaban J connectivity index is 1.66. The fraction of sp³-hybridized carbons (Fsp3) is 0.375. The topological polar surface area (TPSA) is 95.0 Å². The van der Waals surface area contributed by atoms with Gasteiger partial charge >= 0.3 is 6.09 Å². The monoisotopic (exact) mass is 458 g/mol. The third kappa shape index (κ3) is 4.55. The van der Waals surface area contributed by atoms with Crippen molar-refractivity contribution in [2.75, 3.05) is 26.4 Å². The Morgan fingerprint density at radius 2 is 2.06 bits per heavy atom. The first kappa shape index (κ1) is 22.5. The number of hydrogen-bond donors (Lipinski definition) is 3. The van der Waals surface area contributed by atoms with Gasteiger partial charge in [-0.3, -0.25) is 4.90 Å². The number of nitrogens with zero attached hydrogens (tertiary/aromatic N) is 1. The van der Waals surface area contributed by atoms with E-state index in [1.165, 1.54) is 0 Å². The summed E-state index contributed by atoms with van der Waals surface area (Å²) in [5.41, 5.74) is 4.03. The smallest absolute Gasteiger partial charge is 0.410 e. The lowest BCUT2D eigenvalue weighted by molar-refractivity contribution is 0.0754. The SMILES string of the molecule is CCOC(=O)N1CCc2c([nH]c3ccc(Cl)cc23)C1c1ccc(OCCC(O)CO)cc1. The predicted octanol–water partition coefficient (Wildman–Crippen LogP) is 4.05. The molecule has 2 aromatic carbocycles. The van der Waals surface area contributed by atoms with E-state index in [1.807, 2.05) is 42.5 Å². The Bertz CT molecular complexity index is 1080. The van der Waals surface area contributed by atoms with Gasteiger partial charge in [0.15, 0.2) is 0 Å². The fourth-order valence-electron chi connectivity index (χ4n) is 4.16. The van der Waals surface area contributed by atoms with Crippen LogP contribution in [-0.2, 0) is 11.2 Å². The Morgan fingerprint density at radius 1 is 1.28 bits per heavy atom. The molecule has 0 bridgehead atoms. The number of aliphatic hydroxyl groups is 2. The van der Waals surface area contributed by atoms with Gasteiger partial charge in [-0.2, -0.15) is 0 Å². The minimum atomic E-state index is -0.788. The second kappa shape index (κ2) is 9.81. The van der Waals surface area contributed by atoms with E-state index < -0.39 is 6.10 Å². The Labute approximate surface area is 191 Å². The minimum Gasteiger partial charge on any atom is -0.493 e. The van der Waals surface area contributed by atoms with Crippen molar-refractivity contribution in [3.8, 4) is 5.75 Å². The molecule has 1 amide bonds. The molecular weight excluding hydrogens is 432 g/mol. The van der Waals surface area contributed by atoms with Crippen molar-refractivity contribution in [3.05, 3.63) is 64.3 Å². The van der Waals surface area contributed by atoms with E-state index in [0.29, 0.717) is 43.4 Å². The molecule has 1 aromatic heterocycles. The largest absolute Gasteiger partial charge is 0.493 e. The second-order valence-electron chi connectivity index (χ2n) is 7.79. The number of halogens is 1. The summed E-state index contributed by atoms with van der Waals surface area (Å²) in [5, 5.41) is 20.1. The normalized spacial score (nSPS) is 16.6. The van der Waals surface area contributed by atoms with E-state index in [-0.39, 0.29) is 18.7 Å². The van der Waals surface area contributed by atoms with Gasteiger partial charge in [-0.15, -0.1) is 0 Å². The van der Waals surface area contributed by atoms with Crippen molar-refractivity contribution in [2.24, 2.45) is 0 Å². The highest BCUT2D eigenvalue weighted by Crippen LogP contribution is 2.39. The van der Waals surface area contributed by atoms with Gasteiger partial charge in [0.25, 0.3) is 0 Å². The molecule has 1 aliphatic rings. The average Bonchev–Trinajstić information content (AvgIpc) is 3.17. The molecule has 8 heteroatoms. The quantitative estimate of drug-likeness (QED) is 0.496. The van der Waals surface area contributed by atoms with Crippen LogP contribution in [0.3, 0.4) is 0 Å². The van der Waals surface area contributed by atoms with Crippen LogP contribution in [0, 0.1) is 0 Å². The molecule has 0 aliphatic carbocycles. The van der Waals surface area contributed by atoms with Gasteiger partial charge in [0.05, 0.1) is 25.9 Å². The molecule has 3 N–H and O–H groups in total. The lowest BCUT2D eigenvalue weighted by Crippen LogP contribution is -2.40. The first-order chi connectivity index (χ1) is 15.5. The Hall–Kier alpha value is -2.74. The number of rotatable bonds is 7. The molecule has 4 rings (SSSR count). The zero-order valence-electron chi connectivity index (χ0n) is 17.9. The lowest BCUT2D eigenvalue weighted by Gasteiger charge is -2.35. The van der Waals surface area contributed by atoms with Crippen LogP contribution in [0.4, 0.5) is 4.79 Å². The molecule has 2 unspecified atom stereocenters. The van der Waals surface area contributed by atoms with Gasteiger partial charge in [0, 0.05) is 34.6 Å². The molecular formula is C24H27ClN2O5.